The molecule has 1 amide bonds. The number of amides is 1. The molecule has 1 fully saturated rings. The number of anilines is 1. The molecule has 0 aliphatic heterocycles. The van der Waals surface area contributed by atoms with Gasteiger partial charge in [-0.2, -0.15) is 10.4 Å². The monoisotopic (exact) mass is 542 g/mol. The minimum absolute atomic E-state index is 0.0267. The van der Waals surface area contributed by atoms with E-state index in [0.717, 1.165) is 4.68 Å². The Morgan fingerprint density at radius 1 is 1.26 bits per heavy atom. The topological polar surface area (TPSA) is 123 Å². The summed E-state index contributed by atoms with van der Waals surface area (Å²) in [5.41, 5.74) is 3.66. The number of carbonyl (C=O) groups is 1. The summed E-state index contributed by atoms with van der Waals surface area (Å²) in [6, 6.07) is 3.37. The molecule has 1 aliphatic rings. The first-order chi connectivity index (χ1) is 15.6. The third kappa shape index (κ3) is 4.15. The first-order valence-corrected chi connectivity index (χ1v) is 12.0. The molecule has 0 radical (unpaired) electrons. The van der Waals surface area contributed by atoms with Crippen molar-refractivity contribution in [2.24, 2.45) is 5.73 Å². The highest BCUT2D eigenvalue weighted by atomic mass is 35.5. The van der Waals surface area contributed by atoms with Crippen molar-refractivity contribution in [1.82, 2.24) is 14.9 Å². The first-order valence-electron chi connectivity index (χ1n) is 9.28. The average Bonchev–Trinajstić information content (AvgIpc) is 3.18. The van der Waals surface area contributed by atoms with Crippen LogP contribution in [0.1, 0.15) is 29.9 Å². The van der Waals surface area contributed by atoms with Gasteiger partial charge in [-0.15, -0.1) is 0 Å². The summed E-state index contributed by atoms with van der Waals surface area (Å²) >= 11 is 12.0. The van der Waals surface area contributed by atoms with Crippen LogP contribution in [0.15, 0.2) is 33.8 Å². The molecule has 1 saturated carbocycles. The zero-order chi connectivity index (χ0) is 25.2. The van der Waals surface area contributed by atoms with Gasteiger partial charge in [0.15, 0.2) is 11.5 Å². The van der Waals surface area contributed by atoms with E-state index in [1.807, 2.05) is 6.07 Å². The Morgan fingerprint density at radius 2 is 1.88 bits per heavy atom. The molecule has 0 spiro atoms. The van der Waals surface area contributed by atoms with Crippen LogP contribution in [0, 0.1) is 11.3 Å². The van der Waals surface area contributed by atoms with Crippen LogP contribution in [0.25, 0.3) is 5.69 Å². The molecule has 0 bridgehead atoms. The Bertz CT molecular complexity index is 1340. The molecular weight excluding hydrogens is 530 g/mol. The highest BCUT2D eigenvalue weighted by Gasteiger charge is 2.65. The molecule has 8 nitrogen and oxygen atoms in total. The van der Waals surface area contributed by atoms with Crippen LogP contribution in [0.5, 0.6) is 0 Å². The van der Waals surface area contributed by atoms with E-state index in [4.69, 9.17) is 33.5 Å². The van der Waals surface area contributed by atoms with Gasteiger partial charge in [-0.25, -0.2) is 4.68 Å². The van der Waals surface area contributed by atoms with Crippen molar-refractivity contribution in [1.29, 1.82) is 5.26 Å². The molecular formula is C18H13Cl2F5N6O2S. The lowest BCUT2D eigenvalue weighted by molar-refractivity contribution is -0.120. The Balaban J connectivity index is 1.95. The smallest absolute Gasteiger partial charge is 0.310 e. The predicted octanol–water partition coefficient (Wildman–Crippen LogP) is 5.83. The lowest BCUT2D eigenvalue weighted by atomic mass is 9.94. The van der Waals surface area contributed by atoms with Gasteiger partial charge in [0.1, 0.15) is 22.5 Å². The van der Waals surface area contributed by atoms with Crippen molar-refractivity contribution in [2.45, 2.75) is 29.7 Å². The van der Waals surface area contributed by atoms with Gasteiger partial charge in [-0.1, -0.05) is 47.8 Å². The number of halogens is 7. The summed E-state index contributed by atoms with van der Waals surface area (Å²) in [7, 11) is -10.1. The number of hydrogen-bond acceptors (Lipinski definition) is 6. The van der Waals surface area contributed by atoms with Gasteiger partial charge in [0.2, 0.25) is 5.91 Å². The third-order valence-electron chi connectivity index (χ3n) is 5.26. The highest BCUT2D eigenvalue weighted by Crippen LogP contribution is 3.02. The number of rotatable bonds is 7. The maximum Gasteiger partial charge on any atom is 0.310 e. The van der Waals surface area contributed by atoms with Crippen LogP contribution in [-0.4, -0.2) is 20.8 Å². The van der Waals surface area contributed by atoms with Crippen molar-refractivity contribution in [3.8, 4) is 11.8 Å². The van der Waals surface area contributed by atoms with E-state index in [0.29, 0.717) is 5.76 Å². The fourth-order valence-corrected chi connectivity index (χ4v) is 4.95. The van der Waals surface area contributed by atoms with E-state index in [2.05, 4.69) is 15.6 Å². The zero-order valence-corrected chi connectivity index (χ0v) is 19.0. The largest absolute Gasteiger partial charge is 0.369 e. The number of hydrogen-bond donors (Lipinski definition) is 2. The normalized spacial score (nSPS) is 16.9. The quantitative estimate of drug-likeness (QED) is 0.362. The van der Waals surface area contributed by atoms with Crippen molar-refractivity contribution >= 4 is 45.2 Å². The summed E-state index contributed by atoms with van der Waals surface area (Å²) in [4.78, 5) is 9.91. The van der Waals surface area contributed by atoms with Gasteiger partial charge in [0.05, 0.1) is 28.2 Å². The summed E-state index contributed by atoms with van der Waals surface area (Å²) in [5.74, 6) is -0.484. The number of nitrogens with two attached hydrogens (primary N) is 1. The van der Waals surface area contributed by atoms with E-state index in [-0.39, 0.29) is 48.6 Å². The summed E-state index contributed by atoms with van der Waals surface area (Å²) < 4.78 is 72.4. The molecule has 3 N–H and O–H groups in total. The van der Waals surface area contributed by atoms with Crippen LogP contribution in [0.4, 0.5) is 25.2 Å². The SMILES string of the molecule is N#Cc1nn(-c2c(Cl)cc(S(F)(F)(F)(F)F)cc2Cl)c(NCc2ccno2)c1C1(C(N)=O)CC1. The lowest BCUT2D eigenvalue weighted by Crippen LogP contribution is -2.29. The number of carbonyl (C=O) groups excluding carboxylic acids is 1. The average molecular weight is 543 g/mol. The van der Waals surface area contributed by atoms with Crippen molar-refractivity contribution < 1.29 is 28.7 Å². The van der Waals surface area contributed by atoms with E-state index in [9.17, 15) is 29.5 Å². The fourth-order valence-electron chi connectivity index (χ4n) is 3.49. The Kier molecular flexibility index (Phi) is 4.96. The zero-order valence-electron chi connectivity index (χ0n) is 16.7. The lowest BCUT2D eigenvalue weighted by Gasteiger charge is -2.40. The second-order valence-corrected chi connectivity index (χ2v) is 10.8. The molecule has 16 heteroatoms. The number of nitriles is 1. The van der Waals surface area contributed by atoms with Crippen molar-refractivity contribution in [3.63, 3.8) is 0 Å². The van der Waals surface area contributed by atoms with Gasteiger partial charge in [-0.05, 0) is 25.0 Å². The Labute approximate surface area is 198 Å². The van der Waals surface area contributed by atoms with Gasteiger partial charge in [0, 0.05) is 11.6 Å². The molecule has 2 heterocycles. The van der Waals surface area contributed by atoms with E-state index >= 15 is 0 Å². The van der Waals surface area contributed by atoms with E-state index < -0.39 is 42.2 Å². The molecule has 0 saturated heterocycles. The van der Waals surface area contributed by atoms with Gasteiger partial charge >= 0.3 is 10.2 Å². The maximum atomic E-state index is 13.3. The summed E-state index contributed by atoms with van der Waals surface area (Å²) in [5, 5.41) is 18.5. The first kappa shape index (κ1) is 24.1. The van der Waals surface area contributed by atoms with Crippen molar-refractivity contribution in [3.05, 3.63) is 51.5 Å². The number of aromatic nitrogens is 3. The number of nitrogens with one attached hydrogen (secondary N) is 1. The van der Waals surface area contributed by atoms with E-state index in [1.54, 1.807) is 0 Å². The fraction of sp³-hybridized carbons (Fsp3) is 0.222. The summed E-state index contributed by atoms with van der Waals surface area (Å²) in [6.07, 6.45) is 1.92. The predicted molar refractivity (Wildman–Crippen MR) is 114 cm³/mol. The van der Waals surface area contributed by atoms with E-state index in [1.165, 1.54) is 12.3 Å². The van der Waals surface area contributed by atoms with Crippen LogP contribution >= 0.6 is 33.4 Å². The number of primary amides is 1. The Morgan fingerprint density at radius 3 is 2.32 bits per heavy atom. The Hall–Kier alpha value is -3.02. The van der Waals surface area contributed by atoms with Crippen LogP contribution in [0.3, 0.4) is 0 Å². The second-order valence-electron chi connectivity index (χ2n) is 7.58. The number of benzene rings is 1. The maximum absolute atomic E-state index is 13.3. The molecule has 4 rings (SSSR count). The van der Waals surface area contributed by atoms with Crippen LogP contribution in [-0.2, 0) is 16.8 Å². The van der Waals surface area contributed by atoms with Crippen LogP contribution in [0.2, 0.25) is 10.0 Å². The molecule has 2 aromatic heterocycles. The van der Waals surface area contributed by atoms with Crippen molar-refractivity contribution in [2.75, 3.05) is 5.32 Å². The molecule has 1 aromatic carbocycles. The molecule has 0 atom stereocenters. The second kappa shape index (κ2) is 7.00. The highest BCUT2D eigenvalue weighted by molar-refractivity contribution is 8.45. The number of nitrogens with zero attached hydrogens (tertiary/aromatic N) is 4. The molecule has 3 aromatic rings. The van der Waals surface area contributed by atoms with Gasteiger partial charge in [0.25, 0.3) is 0 Å². The minimum Gasteiger partial charge on any atom is -0.369 e. The summed E-state index contributed by atoms with van der Waals surface area (Å²) in [6.45, 7) is -0.0583. The third-order valence-corrected chi connectivity index (χ3v) is 6.96. The molecule has 34 heavy (non-hydrogen) atoms. The molecule has 182 valence electrons. The standard InChI is InChI=1S/C18H13Cl2F5N6O2S/c19-11-5-10(34(21,22,23,24)25)6-12(20)15(11)31-16(28-8-9-1-4-29-33-9)14(13(7-26)30-31)18(2-3-18)17(27)32/h1,4-6,28H,2-3,8H2,(H2,27,32). The molecule has 1 aliphatic carbocycles. The van der Waals surface area contributed by atoms with Crippen LogP contribution < -0.4 is 11.1 Å². The molecule has 0 unspecified atom stereocenters. The minimum atomic E-state index is -10.1. The van der Waals surface area contributed by atoms with Gasteiger partial charge in [-0.3, -0.25) is 4.79 Å². The van der Waals surface area contributed by atoms with Gasteiger partial charge < -0.3 is 15.6 Å².